The Morgan fingerprint density at radius 1 is 1.30 bits per heavy atom. The van der Waals surface area contributed by atoms with Gasteiger partial charge in [0.2, 0.25) is 0 Å². The fourth-order valence-corrected chi connectivity index (χ4v) is 4.34. The first-order chi connectivity index (χ1) is 10.9. The fourth-order valence-electron chi connectivity index (χ4n) is 4.34. The highest BCUT2D eigenvalue weighted by Gasteiger charge is 2.73. The van der Waals surface area contributed by atoms with Crippen molar-refractivity contribution in [2.45, 2.75) is 44.8 Å². The van der Waals surface area contributed by atoms with Crippen LogP contribution in [-0.4, -0.2) is 35.8 Å². The molecule has 23 heavy (non-hydrogen) atoms. The number of amides is 1. The van der Waals surface area contributed by atoms with E-state index in [0.29, 0.717) is 13.2 Å². The second-order valence-corrected chi connectivity index (χ2v) is 7.40. The van der Waals surface area contributed by atoms with Crippen LogP contribution in [0.5, 0.6) is 5.75 Å². The summed E-state index contributed by atoms with van der Waals surface area (Å²) < 4.78 is 11.3. The number of carbonyl (C=O) groups excluding carboxylic acids is 1. The predicted molar refractivity (Wildman–Crippen MR) is 83.0 cm³/mol. The molecule has 1 heterocycles. The number of rotatable bonds is 4. The largest absolute Gasteiger partial charge is 0.490 e. The van der Waals surface area contributed by atoms with E-state index in [4.69, 9.17) is 14.7 Å². The van der Waals surface area contributed by atoms with Crippen molar-refractivity contribution in [3.05, 3.63) is 29.3 Å². The van der Waals surface area contributed by atoms with Crippen molar-refractivity contribution in [3.8, 4) is 11.8 Å². The van der Waals surface area contributed by atoms with Gasteiger partial charge in [-0.3, -0.25) is 4.90 Å². The van der Waals surface area contributed by atoms with E-state index in [9.17, 15) is 4.79 Å². The Morgan fingerprint density at radius 3 is 2.57 bits per heavy atom. The minimum atomic E-state index is -0.259. The molecule has 1 amide bonds. The van der Waals surface area contributed by atoms with Crippen LogP contribution < -0.4 is 4.74 Å². The number of cyclic esters (lactones) is 1. The standard InChI is InChI=1S/C18H20N2O3/c1-12-3-13(2)5-14(4-12)22-7-15-6-20(16(21)23-15)18-8-17(9-18,10-18)11-19/h3-5,15H,6-10H2,1-2H3. The van der Waals surface area contributed by atoms with Crippen LogP contribution >= 0.6 is 0 Å². The zero-order valence-corrected chi connectivity index (χ0v) is 13.5. The molecule has 5 nitrogen and oxygen atoms in total. The number of hydrogen-bond donors (Lipinski definition) is 0. The van der Waals surface area contributed by atoms with Crippen LogP contribution in [-0.2, 0) is 4.74 Å². The van der Waals surface area contributed by atoms with Crippen LogP contribution in [0.4, 0.5) is 4.79 Å². The van der Waals surface area contributed by atoms with Gasteiger partial charge in [-0.05, 0) is 56.4 Å². The molecule has 1 aromatic rings. The summed E-state index contributed by atoms with van der Waals surface area (Å²) in [6.45, 7) is 4.99. The normalized spacial score (nSPS) is 34.2. The molecule has 4 aliphatic rings. The van der Waals surface area contributed by atoms with Crippen LogP contribution in [0.1, 0.15) is 30.4 Å². The summed E-state index contributed by atoms with van der Waals surface area (Å²) in [6, 6.07) is 8.44. The molecule has 0 aromatic heterocycles. The smallest absolute Gasteiger partial charge is 0.410 e. The number of hydrogen-bond acceptors (Lipinski definition) is 4. The highest BCUT2D eigenvalue weighted by molar-refractivity contribution is 5.72. The molecule has 0 N–H and O–H groups in total. The number of benzene rings is 1. The van der Waals surface area contributed by atoms with Gasteiger partial charge in [-0.15, -0.1) is 0 Å². The maximum absolute atomic E-state index is 12.1. The lowest BCUT2D eigenvalue weighted by atomic mass is 9.39. The number of ether oxygens (including phenoxy) is 2. The van der Waals surface area contributed by atoms with Crippen molar-refractivity contribution < 1.29 is 14.3 Å². The summed E-state index contributed by atoms with van der Waals surface area (Å²) in [7, 11) is 0. The zero-order chi connectivity index (χ0) is 16.2. The van der Waals surface area contributed by atoms with E-state index in [1.54, 1.807) is 0 Å². The molecule has 3 aliphatic carbocycles. The number of aryl methyl sites for hydroxylation is 2. The highest BCUT2D eigenvalue weighted by atomic mass is 16.6. The molecule has 0 radical (unpaired) electrons. The Balaban J connectivity index is 1.35. The van der Waals surface area contributed by atoms with Gasteiger partial charge in [0.25, 0.3) is 0 Å². The van der Waals surface area contributed by atoms with Gasteiger partial charge in [-0.2, -0.15) is 5.26 Å². The summed E-state index contributed by atoms with van der Waals surface area (Å²) in [6.07, 6.45) is 1.91. The first kappa shape index (κ1) is 14.4. The van der Waals surface area contributed by atoms with Crippen LogP contribution in [0.25, 0.3) is 0 Å². The Hall–Kier alpha value is -2.22. The highest BCUT2D eigenvalue weighted by Crippen LogP contribution is 2.69. The molecule has 1 atom stereocenters. The maximum Gasteiger partial charge on any atom is 0.410 e. The predicted octanol–water partition coefficient (Wildman–Crippen LogP) is 2.95. The molecule has 1 aromatic carbocycles. The molecule has 4 fully saturated rings. The zero-order valence-electron chi connectivity index (χ0n) is 13.5. The quantitative estimate of drug-likeness (QED) is 0.857. The lowest BCUT2D eigenvalue weighted by Crippen LogP contribution is -2.74. The van der Waals surface area contributed by atoms with Gasteiger partial charge in [-0.1, -0.05) is 6.07 Å². The Kier molecular flexibility index (Phi) is 2.90. The number of carbonyl (C=O) groups is 1. The average molecular weight is 312 g/mol. The van der Waals surface area contributed by atoms with E-state index < -0.39 is 0 Å². The summed E-state index contributed by atoms with van der Waals surface area (Å²) in [5, 5.41) is 9.11. The van der Waals surface area contributed by atoms with E-state index in [2.05, 4.69) is 12.1 Å². The third kappa shape index (κ3) is 2.16. The first-order valence-corrected chi connectivity index (χ1v) is 8.04. The Bertz CT molecular complexity index is 681. The van der Waals surface area contributed by atoms with Gasteiger partial charge in [0, 0.05) is 0 Å². The molecular weight excluding hydrogens is 292 g/mol. The van der Waals surface area contributed by atoms with E-state index in [-0.39, 0.29) is 23.2 Å². The van der Waals surface area contributed by atoms with E-state index in [0.717, 1.165) is 36.1 Å². The lowest BCUT2D eigenvalue weighted by molar-refractivity contribution is -0.164. The molecule has 5 rings (SSSR count). The molecule has 5 heteroatoms. The first-order valence-electron chi connectivity index (χ1n) is 8.04. The Morgan fingerprint density at radius 2 is 1.96 bits per heavy atom. The van der Waals surface area contributed by atoms with Crippen LogP contribution in [0.3, 0.4) is 0 Å². The molecule has 2 bridgehead atoms. The lowest BCUT2D eigenvalue weighted by Gasteiger charge is -2.69. The second-order valence-electron chi connectivity index (χ2n) is 7.40. The second kappa shape index (κ2) is 4.64. The van der Waals surface area contributed by atoms with Crippen molar-refractivity contribution in [3.63, 3.8) is 0 Å². The summed E-state index contributed by atoms with van der Waals surface area (Å²) in [5.74, 6) is 0.811. The summed E-state index contributed by atoms with van der Waals surface area (Å²) >= 11 is 0. The van der Waals surface area contributed by atoms with Gasteiger partial charge < -0.3 is 9.47 Å². The fraction of sp³-hybridized carbons (Fsp3) is 0.556. The minimum Gasteiger partial charge on any atom is -0.490 e. The van der Waals surface area contributed by atoms with E-state index in [1.807, 2.05) is 30.9 Å². The summed E-state index contributed by atoms with van der Waals surface area (Å²) in [5.41, 5.74) is 2.04. The third-order valence-corrected chi connectivity index (χ3v) is 5.32. The third-order valence-electron chi connectivity index (χ3n) is 5.32. The van der Waals surface area contributed by atoms with Crippen LogP contribution in [0.15, 0.2) is 18.2 Å². The number of nitriles is 1. The SMILES string of the molecule is Cc1cc(C)cc(OCC2CN(C34CC(C#N)(C3)C4)C(=O)O2)c1. The molecule has 1 saturated heterocycles. The average Bonchev–Trinajstić information content (AvgIpc) is 2.75. The van der Waals surface area contributed by atoms with Gasteiger partial charge >= 0.3 is 6.09 Å². The molecule has 0 spiro atoms. The maximum atomic E-state index is 12.1. The van der Waals surface area contributed by atoms with Crippen LogP contribution in [0, 0.1) is 30.6 Å². The van der Waals surface area contributed by atoms with Gasteiger partial charge in [0.1, 0.15) is 12.4 Å². The van der Waals surface area contributed by atoms with Crippen LogP contribution in [0.2, 0.25) is 0 Å². The van der Waals surface area contributed by atoms with Gasteiger partial charge in [0.05, 0.1) is 23.6 Å². The molecule has 3 saturated carbocycles. The van der Waals surface area contributed by atoms with Crippen molar-refractivity contribution in [1.29, 1.82) is 5.26 Å². The van der Waals surface area contributed by atoms with Gasteiger partial charge in [0.15, 0.2) is 6.10 Å². The molecule has 120 valence electrons. The van der Waals surface area contributed by atoms with E-state index in [1.165, 1.54) is 0 Å². The van der Waals surface area contributed by atoms with Crippen molar-refractivity contribution in [2.24, 2.45) is 5.41 Å². The molecule has 1 aliphatic heterocycles. The van der Waals surface area contributed by atoms with Crippen molar-refractivity contribution in [2.75, 3.05) is 13.2 Å². The van der Waals surface area contributed by atoms with Gasteiger partial charge in [-0.25, -0.2) is 4.79 Å². The molecule has 1 unspecified atom stereocenters. The van der Waals surface area contributed by atoms with E-state index >= 15 is 0 Å². The molecular formula is C18H20N2O3. The topological polar surface area (TPSA) is 62.6 Å². The monoisotopic (exact) mass is 312 g/mol. The summed E-state index contributed by atoms with van der Waals surface area (Å²) in [4.78, 5) is 13.9. The minimum absolute atomic E-state index is 0.110. The van der Waals surface area contributed by atoms with Crippen molar-refractivity contribution in [1.82, 2.24) is 4.90 Å². The number of nitrogens with zero attached hydrogens (tertiary/aromatic N) is 2. The van der Waals surface area contributed by atoms with Crippen molar-refractivity contribution >= 4 is 6.09 Å². The Labute approximate surface area is 135 Å².